The van der Waals surface area contributed by atoms with Crippen LogP contribution in [0, 0.1) is 0 Å². The number of hydrogen-bond acceptors (Lipinski definition) is 4. The number of nitrogens with one attached hydrogen (secondary N) is 1. The number of carbonyl (C=O) groups is 2. The third-order valence-corrected chi connectivity index (χ3v) is 0.634. The number of amides is 1. The topological polar surface area (TPSA) is 64.6 Å². The van der Waals surface area contributed by atoms with E-state index in [9.17, 15) is 9.59 Å². The summed E-state index contributed by atoms with van der Waals surface area (Å²) in [6.45, 7) is 1.01. The van der Waals surface area contributed by atoms with Crippen molar-refractivity contribution in [1.29, 1.82) is 0 Å². The van der Waals surface area contributed by atoms with Crippen LogP contribution in [0.3, 0.4) is 0 Å². The van der Waals surface area contributed by atoms with Gasteiger partial charge in [0.05, 0.1) is 7.11 Å². The average Bonchev–Trinajstić information content (AvgIpc) is 1.87. The summed E-state index contributed by atoms with van der Waals surface area (Å²) in [5, 5.41) is 0. The fourth-order valence-corrected chi connectivity index (χ4v) is 0.256. The second-order valence-corrected chi connectivity index (χ2v) is 1.52. The van der Waals surface area contributed by atoms with Gasteiger partial charge in [-0.05, 0) is 0 Å². The van der Waals surface area contributed by atoms with E-state index in [1.165, 1.54) is 14.0 Å². The molecule has 1 amide bonds. The highest BCUT2D eigenvalue weighted by molar-refractivity contribution is 5.73. The molecular weight excluding hydrogens is 138 g/mol. The minimum atomic E-state index is -0.534. The van der Waals surface area contributed by atoms with Gasteiger partial charge in [-0.3, -0.25) is 9.63 Å². The molecule has 0 rings (SSSR count). The van der Waals surface area contributed by atoms with Crippen molar-refractivity contribution in [3.05, 3.63) is 0 Å². The lowest BCUT2D eigenvalue weighted by molar-refractivity contribution is -0.151. The van der Waals surface area contributed by atoms with Crippen molar-refractivity contribution in [2.24, 2.45) is 0 Å². The summed E-state index contributed by atoms with van der Waals surface area (Å²) in [5.41, 5.74) is 1.97. The zero-order valence-electron chi connectivity index (χ0n) is 5.84. The monoisotopic (exact) mass is 147 g/mol. The molecule has 58 valence electrons. The highest BCUT2D eigenvalue weighted by Gasteiger charge is 1.99. The molecule has 1 N–H and O–H groups in total. The molecule has 5 nitrogen and oxygen atoms in total. The zero-order chi connectivity index (χ0) is 7.98. The predicted molar refractivity (Wildman–Crippen MR) is 31.8 cm³/mol. The fraction of sp³-hybridized carbons (Fsp3) is 0.600. The Kier molecular flexibility index (Phi) is 4.23. The molecule has 0 unspecified atom stereocenters. The molecule has 0 spiro atoms. The number of ether oxygens (including phenoxy) is 1. The van der Waals surface area contributed by atoms with Crippen LogP contribution in [0.4, 0.5) is 0 Å². The van der Waals surface area contributed by atoms with Crippen LogP contribution in [0.25, 0.3) is 0 Å². The van der Waals surface area contributed by atoms with Gasteiger partial charge in [0.1, 0.15) is 0 Å². The SMILES string of the molecule is COC(=O)CONC(C)=O. The minimum Gasteiger partial charge on any atom is -0.467 e. The predicted octanol–water partition coefficient (Wildman–Crippen LogP) is -0.773. The maximum Gasteiger partial charge on any atom is 0.334 e. The molecule has 0 aromatic carbocycles. The molecule has 5 heteroatoms. The third-order valence-electron chi connectivity index (χ3n) is 0.634. The van der Waals surface area contributed by atoms with Gasteiger partial charge in [0.25, 0.3) is 0 Å². The van der Waals surface area contributed by atoms with Gasteiger partial charge in [-0.2, -0.15) is 0 Å². The van der Waals surface area contributed by atoms with E-state index in [2.05, 4.69) is 9.57 Å². The van der Waals surface area contributed by atoms with Crippen molar-refractivity contribution in [2.45, 2.75) is 6.92 Å². The molecule has 0 saturated heterocycles. The summed E-state index contributed by atoms with van der Waals surface area (Å²) in [7, 11) is 1.24. The Bertz CT molecular complexity index is 134. The van der Waals surface area contributed by atoms with Crippen LogP contribution < -0.4 is 5.48 Å². The largest absolute Gasteiger partial charge is 0.467 e. The second kappa shape index (κ2) is 4.75. The molecule has 0 radical (unpaired) electrons. The molecule has 0 heterocycles. The van der Waals surface area contributed by atoms with Crippen LogP contribution in [-0.4, -0.2) is 25.6 Å². The number of rotatable bonds is 3. The van der Waals surface area contributed by atoms with Crippen molar-refractivity contribution in [3.63, 3.8) is 0 Å². The lowest BCUT2D eigenvalue weighted by Crippen LogP contribution is -2.24. The Morgan fingerprint density at radius 2 is 2.10 bits per heavy atom. The molecule has 10 heavy (non-hydrogen) atoms. The molecule has 0 aromatic heterocycles. The van der Waals surface area contributed by atoms with Gasteiger partial charge >= 0.3 is 5.97 Å². The van der Waals surface area contributed by atoms with Gasteiger partial charge in [0.15, 0.2) is 6.61 Å². The van der Waals surface area contributed by atoms with Crippen molar-refractivity contribution in [2.75, 3.05) is 13.7 Å². The van der Waals surface area contributed by atoms with Gasteiger partial charge in [-0.15, -0.1) is 0 Å². The van der Waals surface area contributed by atoms with E-state index in [0.29, 0.717) is 0 Å². The van der Waals surface area contributed by atoms with Gasteiger partial charge < -0.3 is 4.74 Å². The molecule has 0 aromatic rings. The molecule has 0 atom stereocenters. The standard InChI is InChI=1S/C5H9NO4/c1-4(7)6-10-3-5(8)9-2/h3H2,1-2H3,(H,6,7). The van der Waals surface area contributed by atoms with Gasteiger partial charge in [0, 0.05) is 6.92 Å². The van der Waals surface area contributed by atoms with E-state index >= 15 is 0 Å². The average molecular weight is 147 g/mol. The summed E-state index contributed by atoms with van der Waals surface area (Å²) in [5.74, 6) is -0.891. The minimum absolute atomic E-state index is 0.268. The van der Waals surface area contributed by atoms with Crippen LogP contribution in [0.2, 0.25) is 0 Å². The molecule has 0 aliphatic rings. The smallest absolute Gasteiger partial charge is 0.334 e. The van der Waals surface area contributed by atoms with E-state index in [1.807, 2.05) is 5.48 Å². The highest BCUT2D eigenvalue weighted by Crippen LogP contribution is 1.73. The normalized spacial score (nSPS) is 8.60. The van der Waals surface area contributed by atoms with E-state index in [4.69, 9.17) is 0 Å². The van der Waals surface area contributed by atoms with Gasteiger partial charge in [0.2, 0.25) is 5.91 Å². The summed E-state index contributed by atoms with van der Waals surface area (Å²) in [4.78, 5) is 24.8. The first kappa shape index (κ1) is 8.90. The number of carbonyl (C=O) groups excluding carboxylic acids is 2. The van der Waals surface area contributed by atoms with Crippen molar-refractivity contribution < 1.29 is 19.2 Å². The summed E-state index contributed by atoms with van der Waals surface area (Å²) < 4.78 is 4.22. The Morgan fingerprint density at radius 3 is 2.50 bits per heavy atom. The van der Waals surface area contributed by atoms with Crippen LogP contribution in [0.1, 0.15) is 6.92 Å². The molecule has 0 bridgehead atoms. The Balaban J connectivity index is 3.20. The molecular formula is C5H9NO4. The third kappa shape index (κ3) is 5.04. The Morgan fingerprint density at radius 1 is 1.50 bits per heavy atom. The summed E-state index contributed by atoms with van der Waals surface area (Å²) in [6.07, 6.45) is 0. The fourth-order valence-electron chi connectivity index (χ4n) is 0.256. The van der Waals surface area contributed by atoms with Crippen LogP contribution in [0.5, 0.6) is 0 Å². The zero-order valence-corrected chi connectivity index (χ0v) is 5.84. The Labute approximate surface area is 58.3 Å². The maximum atomic E-state index is 10.3. The quantitative estimate of drug-likeness (QED) is 0.420. The van der Waals surface area contributed by atoms with Crippen LogP contribution in [0.15, 0.2) is 0 Å². The number of hydroxylamine groups is 1. The second-order valence-electron chi connectivity index (χ2n) is 1.52. The molecule has 0 aliphatic heterocycles. The van der Waals surface area contributed by atoms with E-state index in [0.717, 1.165) is 0 Å². The first-order valence-corrected chi connectivity index (χ1v) is 2.62. The van der Waals surface area contributed by atoms with Crippen molar-refractivity contribution >= 4 is 11.9 Å². The maximum absolute atomic E-state index is 10.3. The van der Waals surface area contributed by atoms with Crippen molar-refractivity contribution in [1.82, 2.24) is 5.48 Å². The first-order chi connectivity index (χ1) is 4.66. The number of esters is 1. The number of hydrogen-bond donors (Lipinski definition) is 1. The van der Waals surface area contributed by atoms with Crippen molar-refractivity contribution in [3.8, 4) is 0 Å². The van der Waals surface area contributed by atoms with E-state index in [-0.39, 0.29) is 12.5 Å². The lowest BCUT2D eigenvalue weighted by atomic mass is 10.7. The van der Waals surface area contributed by atoms with Crippen LogP contribution >= 0.6 is 0 Å². The number of methoxy groups -OCH3 is 1. The van der Waals surface area contributed by atoms with E-state index in [1.54, 1.807) is 0 Å². The lowest BCUT2D eigenvalue weighted by Gasteiger charge is -1.99. The molecule has 0 aliphatic carbocycles. The summed E-state index contributed by atoms with van der Waals surface area (Å²) >= 11 is 0. The Hall–Kier alpha value is -1.10. The summed E-state index contributed by atoms with van der Waals surface area (Å²) in [6, 6.07) is 0. The van der Waals surface area contributed by atoms with Gasteiger partial charge in [-0.1, -0.05) is 0 Å². The molecule has 0 saturated carbocycles. The molecule has 0 fully saturated rings. The first-order valence-electron chi connectivity index (χ1n) is 2.62. The van der Waals surface area contributed by atoms with Crippen LogP contribution in [-0.2, 0) is 19.2 Å². The highest BCUT2D eigenvalue weighted by atomic mass is 16.7. The van der Waals surface area contributed by atoms with Gasteiger partial charge in [-0.25, -0.2) is 10.3 Å². The van der Waals surface area contributed by atoms with E-state index < -0.39 is 5.97 Å².